The van der Waals surface area contributed by atoms with Gasteiger partial charge in [-0.25, -0.2) is 4.79 Å². The van der Waals surface area contributed by atoms with E-state index in [9.17, 15) is 13.2 Å². The zero-order valence-corrected chi connectivity index (χ0v) is 18.0. The number of hydrogen-bond donors (Lipinski definition) is 3. The molecule has 7 heteroatoms. The third-order valence-corrected chi connectivity index (χ3v) is 6.03. The SMILES string of the molecule is CC1(C)CC1(CNC(CCCN)c1ccccc1)c1ccccc1.O=C(O)C(F)(F)F. The first-order valence-corrected chi connectivity index (χ1v) is 10.4. The van der Waals surface area contributed by atoms with E-state index in [1.165, 1.54) is 17.5 Å². The molecule has 170 valence electrons. The Bertz CT molecular complexity index is 826. The van der Waals surface area contributed by atoms with Crippen LogP contribution in [0.3, 0.4) is 0 Å². The summed E-state index contributed by atoms with van der Waals surface area (Å²) >= 11 is 0. The van der Waals surface area contributed by atoms with Gasteiger partial charge in [0.1, 0.15) is 0 Å². The monoisotopic (exact) mass is 436 g/mol. The third-order valence-electron chi connectivity index (χ3n) is 6.03. The number of hydrogen-bond acceptors (Lipinski definition) is 3. The number of benzene rings is 2. The van der Waals surface area contributed by atoms with E-state index in [4.69, 9.17) is 15.6 Å². The summed E-state index contributed by atoms with van der Waals surface area (Å²) in [5.74, 6) is -2.76. The molecule has 2 unspecified atom stereocenters. The van der Waals surface area contributed by atoms with Crippen LogP contribution in [0.2, 0.25) is 0 Å². The van der Waals surface area contributed by atoms with Crippen molar-refractivity contribution in [3.05, 3.63) is 71.8 Å². The van der Waals surface area contributed by atoms with Crippen LogP contribution >= 0.6 is 0 Å². The summed E-state index contributed by atoms with van der Waals surface area (Å²) in [6.07, 6.45) is -1.70. The van der Waals surface area contributed by atoms with Gasteiger partial charge in [0, 0.05) is 18.0 Å². The number of carbonyl (C=O) groups is 1. The predicted octanol–water partition coefficient (Wildman–Crippen LogP) is 5.06. The van der Waals surface area contributed by atoms with Crippen LogP contribution < -0.4 is 11.1 Å². The van der Waals surface area contributed by atoms with Gasteiger partial charge in [-0.3, -0.25) is 0 Å². The van der Waals surface area contributed by atoms with Gasteiger partial charge in [-0.2, -0.15) is 13.2 Å². The maximum atomic E-state index is 10.6. The minimum absolute atomic E-state index is 0.254. The van der Waals surface area contributed by atoms with E-state index in [0.29, 0.717) is 11.5 Å². The predicted molar refractivity (Wildman–Crippen MR) is 116 cm³/mol. The standard InChI is InChI=1S/C22H30N2.C2HF3O2/c1-21(2)16-22(21,19-12-7-4-8-13-19)17-24-20(14-9-15-23)18-10-5-3-6-11-18;3-2(4,5)1(6)7/h3-8,10-13,20,24H,9,14-17,23H2,1-2H3;(H,6,7). The summed E-state index contributed by atoms with van der Waals surface area (Å²) < 4.78 is 31.7. The molecule has 1 fully saturated rings. The molecule has 0 radical (unpaired) electrons. The Hall–Kier alpha value is -2.38. The van der Waals surface area contributed by atoms with Gasteiger partial charge in [0.15, 0.2) is 0 Å². The fourth-order valence-corrected chi connectivity index (χ4v) is 4.06. The normalized spacial score (nSPS) is 20.3. The zero-order valence-electron chi connectivity index (χ0n) is 18.0. The molecule has 1 aliphatic carbocycles. The van der Waals surface area contributed by atoms with E-state index in [2.05, 4.69) is 79.8 Å². The Kier molecular flexibility index (Phi) is 8.26. The average molecular weight is 437 g/mol. The van der Waals surface area contributed by atoms with Gasteiger partial charge in [-0.1, -0.05) is 74.5 Å². The first kappa shape index (κ1) is 24.9. The number of halogens is 3. The number of carboxylic acid groups (broad SMARTS) is 1. The summed E-state index contributed by atoms with van der Waals surface area (Å²) in [6, 6.07) is 22.2. The van der Waals surface area contributed by atoms with Crippen molar-refractivity contribution >= 4 is 5.97 Å². The highest BCUT2D eigenvalue weighted by molar-refractivity contribution is 5.73. The fourth-order valence-electron chi connectivity index (χ4n) is 4.06. The molecule has 1 aliphatic rings. The molecule has 0 bridgehead atoms. The van der Waals surface area contributed by atoms with Crippen LogP contribution in [0.15, 0.2) is 60.7 Å². The van der Waals surface area contributed by atoms with E-state index in [-0.39, 0.29) is 5.41 Å². The lowest BCUT2D eigenvalue weighted by molar-refractivity contribution is -0.192. The van der Waals surface area contributed by atoms with Gasteiger partial charge in [-0.15, -0.1) is 0 Å². The van der Waals surface area contributed by atoms with Crippen molar-refractivity contribution in [3.63, 3.8) is 0 Å². The van der Waals surface area contributed by atoms with Gasteiger partial charge < -0.3 is 16.2 Å². The molecule has 2 atom stereocenters. The Balaban J connectivity index is 0.000000423. The number of alkyl halides is 3. The van der Waals surface area contributed by atoms with E-state index in [0.717, 1.165) is 25.9 Å². The summed E-state index contributed by atoms with van der Waals surface area (Å²) in [4.78, 5) is 8.90. The summed E-state index contributed by atoms with van der Waals surface area (Å²) in [5, 5.41) is 11.0. The molecule has 0 saturated heterocycles. The van der Waals surface area contributed by atoms with Crippen molar-refractivity contribution in [3.8, 4) is 0 Å². The lowest BCUT2D eigenvalue weighted by Crippen LogP contribution is -2.33. The molecule has 31 heavy (non-hydrogen) atoms. The number of carboxylic acids is 1. The molecule has 3 rings (SSSR count). The first-order valence-electron chi connectivity index (χ1n) is 10.4. The van der Waals surface area contributed by atoms with Crippen molar-refractivity contribution < 1.29 is 23.1 Å². The highest BCUT2D eigenvalue weighted by Gasteiger charge is 2.61. The number of nitrogens with two attached hydrogens (primary N) is 1. The van der Waals surface area contributed by atoms with E-state index < -0.39 is 12.1 Å². The minimum atomic E-state index is -5.08. The Morgan fingerprint density at radius 1 is 1.10 bits per heavy atom. The topological polar surface area (TPSA) is 75.3 Å². The van der Waals surface area contributed by atoms with Crippen molar-refractivity contribution in [2.24, 2.45) is 11.1 Å². The molecule has 4 nitrogen and oxygen atoms in total. The van der Waals surface area contributed by atoms with Crippen molar-refractivity contribution in [1.29, 1.82) is 0 Å². The van der Waals surface area contributed by atoms with E-state index in [1.54, 1.807) is 0 Å². The average Bonchev–Trinajstić information content (AvgIpc) is 3.31. The van der Waals surface area contributed by atoms with Crippen LogP contribution in [0, 0.1) is 5.41 Å². The van der Waals surface area contributed by atoms with Gasteiger partial charge in [-0.05, 0) is 42.3 Å². The van der Waals surface area contributed by atoms with Crippen LogP contribution in [0.1, 0.15) is 50.3 Å². The van der Waals surface area contributed by atoms with Crippen LogP contribution in [-0.2, 0) is 10.2 Å². The van der Waals surface area contributed by atoms with Crippen molar-refractivity contribution in [2.75, 3.05) is 13.1 Å². The molecule has 1 saturated carbocycles. The van der Waals surface area contributed by atoms with Gasteiger partial charge in [0.2, 0.25) is 0 Å². The van der Waals surface area contributed by atoms with Gasteiger partial charge in [0.25, 0.3) is 0 Å². The Morgan fingerprint density at radius 3 is 2.00 bits per heavy atom. The Morgan fingerprint density at radius 2 is 1.58 bits per heavy atom. The number of rotatable bonds is 8. The lowest BCUT2D eigenvalue weighted by Gasteiger charge is -2.26. The lowest BCUT2D eigenvalue weighted by atomic mass is 9.87. The zero-order chi connectivity index (χ0) is 23.1. The largest absolute Gasteiger partial charge is 0.490 e. The summed E-state index contributed by atoms with van der Waals surface area (Å²) in [6.45, 7) is 6.55. The first-order chi connectivity index (χ1) is 14.5. The molecular formula is C24H31F3N2O2. The van der Waals surface area contributed by atoms with Gasteiger partial charge >= 0.3 is 12.1 Å². The van der Waals surface area contributed by atoms with E-state index in [1.807, 2.05) is 0 Å². The highest BCUT2D eigenvalue weighted by Crippen LogP contribution is 2.64. The second-order valence-corrected chi connectivity index (χ2v) is 8.59. The second kappa shape index (κ2) is 10.3. The van der Waals surface area contributed by atoms with Gasteiger partial charge in [0.05, 0.1) is 0 Å². The van der Waals surface area contributed by atoms with E-state index >= 15 is 0 Å². The molecule has 0 heterocycles. The van der Waals surface area contributed by atoms with Crippen LogP contribution in [0.25, 0.3) is 0 Å². The van der Waals surface area contributed by atoms with Crippen molar-refractivity contribution in [1.82, 2.24) is 5.32 Å². The van der Waals surface area contributed by atoms with Crippen LogP contribution in [0.4, 0.5) is 13.2 Å². The third kappa shape index (κ3) is 6.55. The molecule has 2 aromatic rings. The molecule has 0 amide bonds. The summed E-state index contributed by atoms with van der Waals surface area (Å²) in [7, 11) is 0. The summed E-state index contributed by atoms with van der Waals surface area (Å²) in [5.41, 5.74) is 9.20. The molecular weight excluding hydrogens is 405 g/mol. The quantitative estimate of drug-likeness (QED) is 0.541. The molecule has 4 N–H and O–H groups in total. The molecule has 0 aliphatic heterocycles. The molecule has 2 aromatic carbocycles. The fraction of sp³-hybridized carbons (Fsp3) is 0.458. The Labute approximate surface area is 181 Å². The number of aliphatic carboxylic acids is 1. The van der Waals surface area contributed by atoms with Crippen molar-refractivity contribution in [2.45, 2.75) is 50.7 Å². The number of nitrogens with one attached hydrogen (secondary N) is 1. The second-order valence-electron chi connectivity index (χ2n) is 8.59. The van der Waals surface area contributed by atoms with Crippen LogP contribution in [-0.4, -0.2) is 30.3 Å². The smallest absolute Gasteiger partial charge is 0.475 e. The maximum absolute atomic E-state index is 10.6. The molecule has 0 aromatic heterocycles. The molecule has 0 spiro atoms. The maximum Gasteiger partial charge on any atom is 0.490 e. The highest BCUT2D eigenvalue weighted by atomic mass is 19.4. The minimum Gasteiger partial charge on any atom is -0.475 e. The van der Waals surface area contributed by atoms with Crippen LogP contribution in [0.5, 0.6) is 0 Å².